The molecular weight excluding hydrogens is 1280 g/mol. The standard InChI is InChI=1S/C17H40N2O8SSi.C17H38N2O7SSi.C17H36N2O6SSi.3Na/c1-4-5-6-10-19(2,3)11-8-13-29(25,26)27-16-17(14-20,15-21)18-9-7-12-28(22,23)24;1-4-5-6-10-19(2,3)11-8-13-28(24)25-15-17(14-20,16-26-28)18-9-7-12-27(21,22)23;1-4-5-6-10-19(2,3)11-8-13-27-23-14-17(15-24-27,16-25-27)18-9-7-12-26(20,21)22;;;/h18,20-21,25-26H,4-16H2,1-3H3;18,20,24H,4-16H2,1-3H3;18H,4-16H2,1-3H3;;;/q;;;3*+1. The predicted molar refractivity (Wildman–Crippen MR) is 323 cm³/mol. The first-order valence-corrected chi connectivity index (χ1v) is 40.8. The molecule has 4 heterocycles. The van der Waals surface area contributed by atoms with Gasteiger partial charge in [0.2, 0.25) is 0 Å². The maximum Gasteiger partial charge on any atom is 1.00 e. The van der Waals surface area contributed by atoms with Crippen molar-refractivity contribution in [2.75, 3.05) is 178 Å². The summed E-state index contributed by atoms with van der Waals surface area (Å²) < 4.78 is 133. The molecule has 4 aliphatic heterocycles. The van der Waals surface area contributed by atoms with Crippen LogP contribution in [0.5, 0.6) is 0 Å². The number of rotatable bonds is 45. The van der Waals surface area contributed by atoms with E-state index in [2.05, 4.69) is 79.0 Å². The predicted octanol–water partition coefficient (Wildman–Crippen LogP) is -9.36. The quantitative estimate of drug-likeness (QED) is 0.0118. The number of aliphatic hydroxyl groups is 3. The van der Waals surface area contributed by atoms with Crippen LogP contribution in [0, 0.1) is 0 Å². The molecule has 4 aliphatic rings. The maximum atomic E-state index is 10.7. The van der Waals surface area contributed by atoms with Crippen molar-refractivity contribution >= 4 is 56.8 Å². The van der Waals surface area contributed by atoms with Crippen LogP contribution in [0.3, 0.4) is 0 Å². The molecule has 36 heteroatoms. The first kappa shape index (κ1) is 93.8. The Labute approximate surface area is 593 Å². The van der Waals surface area contributed by atoms with Gasteiger partial charge in [-0.1, -0.05) is 40.0 Å². The molecular formula is C51H114N6Na3O21S3Si3+3. The van der Waals surface area contributed by atoms with E-state index in [4.69, 9.17) is 26.6 Å². The van der Waals surface area contributed by atoms with Crippen LogP contribution in [0.4, 0.5) is 0 Å². The maximum absolute atomic E-state index is 10.7. The zero-order valence-electron chi connectivity index (χ0n) is 55.5. The number of nitrogens with zero attached hydrogens (tertiary/aromatic N) is 3. The minimum Gasteiger partial charge on any atom is -0.748 e. The van der Waals surface area contributed by atoms with Gasteiger partial charge in [-0.3, -0.25) is 0 Å². The molecule has 0 spiro atoms. The second kappa shape index (κ2) is 45.3. The molecule has 9 N–H and O–H groups in total. The van der Waals surface area contributed by atoms with Crippen LogP contribution in [-0.2, 0) is 56.9 Å². The molecule has 0 aromatic carbocycles. The van der Waals surface area contributed by atoms with Crippen molar-refractivity contribution in [3.8, 4) is 0 Å². The SMILES string of the molecule is CCCCC[N+](C)(C)CCC[Si](O)(O)OCC(CO)(CO)NCCCS(=O)(=O)[O-].CCCCC[N+](C)(C)CCC[Si]1(O)OCC(CO)(NCCCS(=O)(=O)[O-])CO1.CCCCC[N+](C)(C)CCC[Si]12OCC(NCCCS(=O)(=O)[O-])(CO1)CO2.[Na+].[Na+].[Na+]. The Balaban J connectivity index is -0.00000120. The molecule has 4 fully saturated rings. The van der Waals surface area contributed by atoms with Crippen LogP contribution in [0.25, 0.3) is 0 Å². The molecule has 0 amide bonds. The Morgan fingerprint density at radius 2 is 0.897 bits per heavy atom. The summed E-state index contributed by atoms with van der Waals surface area (Å²) in [5.74, 6) is -1.39. The fraction of sp³-hybridized carbons (Fsp3) is 1.00. The van der Waals surface area contributed by atoms with Crippen LogP contribution in [0.2, 0.25) is 18.1 Å². The van der Waals surface area contributed by atoms with Crippen LogP contribution in [0.1, 0.15) is 117 Å². The summed E-state index contributed by atoms with van der Waals surface area (Å²) in [4.78, 5) is 31.1. The van der Waals surface area contributed by atoms with E-state index in [0.29, 0.717) is 38.8 Å². The minimum absolute atomic E-state index is 0. The van der Waals surface area contributed by atoms with E-state index in [1.807, 2.05) is 0 Å². The van der Waals surface area contributed by atoms with Crippen LogP contribution in [-0.4, -0.2) is 303 Å². The normalized spacial score (nSPS) is 22.0. The van der Waals surface area contributed by atoms with E-state index in [9.17, 15) is 68.6 Å². The molecule has 0 saturated carbocycles. The van der Waals surface area contributed by atoms with Crippen molar-refractivity contribution in [1.82, 2.24) is 16.0 Å². The molecule has 0 radical (unpaired) electrons. The van der Waals surface area contributed by atoms with Crippen molar-refractivity contribution in [1.29, 1.82) is 0 Å². The van der Waals surface area contributed by atoms with E-state index >= 15 is 0 Å². The van der Waals surface area contributed by atoms with Gasteiger partial charge in [0.15, 0.2) is 0 Å². The fourth-order valence-corrected chi connectivity index (χ4v) is 17.2. The Hall–Kier alpha value is 2.66. The Kier molecular flexibility index (Phi) is 48.8. The zero-order chi connectivity index (χ0) is 63.9. The fourth-order valence-electron chi connectivity index (χ4n) is 9.68. The molecule has 504 valence electrons. The summed E-state index contributed by atoms with van der Waals surface area (Å²) >= 11 is 0. The number of hydrogen-bond donors (Lipinski definition) is 9. The number of fused-ring (bicyclic) bond motifs is 3. The smallest absolute Gasteiger partial charge is 0.748 e. The Morgan fingerprint density at radius 3 is 1.28 bits per heavy atom. The average molecular weight is 1400 g/mol. The largest absolute Gasteiger partial charge is 1.00 e. The summed E-state index contributed by atoms with van der Waals surface area (Å²) in [6.07, 6.45) is 13.6. The van der Waals surface area contributed by atoms with Gasteiger partial charge in [0, 0.05) is 54.7 Å². The van der Waals surface area contributed by atoms with Crippen molar-refractivity contribution < 1.29 is 197 Å². The average Bonchev–Trinajstić information content (AvgIpc) is 3.49. The molecule has 4 saturated heterocycles. The van der Waals surface area contributed by atoms with Crippen molar-refractivity contribution in [3.63, 3.8) is 0 Å². The van der Waals surface area contributed by atoms with Gasteiger partial charge >= 0.3 is 115 Å². The van der Waals surface area contributed by atoms with Gasteiger partial charge in [-0.15, -0.1) is 0 Å². The molecule has 0 atom stereocenters. The second-order valence-electron chi connectivity index (χ2n) is 25.4. The molecule has 4 rings (SSSR count). The number of nitrogens with one attached hydrogen (secondary N) is 3. The summed E-state index contributed by atoms with van der Waals surface area (Å²) in [6, 6.07) is 1.41. The Morgan fingerprint density at radius 1 is 0.529 bits per heavy atom. The van der Waals surface area contributed by atoms with Crippen LogP contribution < -0.4 is 105 Å². The third-order valence-electron chi connectivity index (χ3n) is 15.4. The number of hydrogen-bond acceptors (Lipinski definition) is 24. The van der Waals surface area contributed by atoms with Gasteiger partial charge in [-0.25, -0.2) is 25.3 Å². The minimum atomic E-state index is -4.34. The Bertz CT molecular complexity index is 2130. The molecule has 27 nitrogen and oxygen atoms in total. The van der Waals surface area contributed by atoms with E-state index in [-0.39, 0.29) is 159 Å². The summed E-state index contributed by atoms with van der Waals surface area (Å²) in [6.45, 7) is 13.4. The van der Waals surface area contributed by atoms with Gasteiger partial charge in [0.05, 0.1) is 188 Å². The molecule has 2 bridgehead atoms. The number of unbranched alkanes of at least 4 members (excludes halogenated alkanes) is 6. The monoisotopic (exact) mass is 1400 g/mol. The van der Waals surface area contributed by atoms with Gasteiger partial charge in [0.25, 0.3) is 0 Å². The van der Waals surface area contributed by atoms with E-state index in [1.54, 1.807) is 0 Å². The molecule has 0 aromatic rings. The molecule has 87 heavy (non-hydrogen) atoms. The first-order valence-electron chi connectivity index (χ1n) is 30.2. The van der Waals surface area contributed by atoms with E-state index in [1.165, 1.54) is 51.5 Å². The second-order valence-corrected chi connectivity index (χ2v) is 37.5. The van der Waals surface area contributed by atoms with Gasteiger partial charge in [0.1, 0.15) is 0 Å². The van der Waals surface area contributed by atoms with E-state index < -0.39 is 98.1 Å². The summed E-state index contributed by atoms with van der Waals surface area (Å²) in [5, 5.41) is 37.9. The number of quaternary nitrogens is 3. The van der Waals surface area contributed by atoms with Gasteiger partial charge < -0.3 is 99.3 Å². The first-order chi connectivity index (χ1) is 38.8. The molecule has 0 aliphatic carbocycles. The van der Waals surface area contributed by atoms with Crippen molar-refractivity contribution in [2.24, 2.45) is 0 Å². The van der Waals surface area contributed by atoms with Crippen LogP contribution in [0.15, 0.2) is 0 Å². The van der Waals surface area contributed by atoms with Crippen molar-refractivity contribution in [2.45, 2.75) is 152 Å². The molecule has 0 unspecified atom stereocenters. The van der Waals surface area contributed by atoms with Crippen LogP contribution >= 0.6 is 0 Å². The molecule has 0 aromatic heterocycles. The third kappa shape index (κ3) is 44.3. The van der Waals surface area contributed by atoms with Gasteiger partial charge in [-0.05, 0) is 77.4 Å². The van der Waals surface area contributed by atoms with Crippen molar-refractivity contribution in [3.05, 3.63) is 0 Å². The zero-order valence-corrected chi connectivity index (χ0v) is 66.9. The van der Waals surface area contributed by atoms with Gasteiger partial charge in [-0.2, -0.15) is 0 Å². The van der Waals surface area contributed by atoms with E-state index in [0.717, 1.165) is 77.9 Å². The summed E-state index contributed by atoms with van der Waals surface area (Å²) in [7, 11) is -9.42. The third-order valence-corrected chi connectivity index (χ3v) is 24.3. The topological polar surface area (TPSA) is 384 Å². The number of aliphatic hydroxyl groups excluding tert-OH is 3. The summed E-state index contributed by atoms with van der Waals surface area (Å²) in [5.41, 5.74) is -2.66.